The van der Waals surface area contributed by atoms with E-state index < -0.39 is 0 Å². The van der Waals surface area contributed by atoms with Crippen molar-refractivity contribution in [3.05, 3.63) is 53.0 Å². The molecule has 2 amide bonds. The van der Waals surface area contributed by atoms with Crippen molar-refractivity contribution in [2.75, 3.05) is 17.2 Å². The molecular weight excluding hydrogens is 396 g/mol. The summed E-state index contributed by atoms with van der Waals surface area (Å²) in [5.74, 6) is 0.599. The molecule has 2 aromatic carbocycles. The maximum Gasteiger partial charge on any atom is 0.226 e. The van der Waals surface area contributed by atoms with E-state index in [1.165, 1.54) is 0 Å². The van der Waals surface area contributed by atoms with Gasteiger partial charge in [0.1, 0.15) is 5.75 Å². The van der Waals surface area contributed by atoms with E-state index in [2.05, 4.69) is 26.6 Å². The van der Waals surface area contributed by atoms with Crippen LogP contribution in [0, 0.1) is 5.92 Å². The minimum Gasteiger partial charge on any atom is -0.494 e. The molecule has 2 rings (SSSR count). The lowest BCUT2D eigenvalue weighted by Crippen LogP contribution is -2.17. The molecular formula is C20H23BrN2O3. The van der Waals surface area contributed by atoms with Crippen molar-refractivity contribution in [1.82, 2.24) is 0 Å². The van der Waals surface area contributed by atoms with Crippen LogP contribution in [0.4, 0.5) is 11.4 Å². The molecule has 2 N–H and O–H groups in total. The molecule has 0 aromatic heterocycles. The third kappa shape index (κ3) is 6.88. The Labute approximate surface area is 162 Å². The Morgan fingerprint density at radius 1 is 1.04 bits per heavy atom. The molecule has 6 heteroatoms. The number of rotatable bonds is 8. The Bertz CT molecular complexity index is 745. The SMILES string of the molecule is CC(C)C(=O)Nc1ccc(NC(=O)CCCOc2cccc(Br)c2)cc1. The summed E-state index contributed by atoms with van der Waals surface area (Å²) in [6.07, 6.45) is 1.00. The minimum absolute atomic E-state index is 0.0350. The summed E-state index contributed by atoms with van der Waals surface area (Å²) < 4.78 is 6.57. The monoisotopic (exact) mass is 418 g/mol. The predicted molar refractivity (Wildman–Crippen MR) is 107 cm³/mol. The van der Waals surface area contributed by atoms with Crippen LogP contribution in [0.2, 0.25) is 0 Å². The molecule has 0 unspecified atom stereocenters. The van der Waals surface area contributed by atoms with Gasteiger partial charge < -0.3 is 15.4 Å². The molecule has 26 heavy (non-hydrogen) atoms. The van der Waals surface area contributed by atoms with Crippen molar-refractivity contribution in [3.8, 4) is 5.75 Å². The fourth-order valence-corrected chi connectivity index (χ4v) is 2.50. The molecule has 0 saturated carbocycles. The van der Waals surface area contributed by atoms with Gasteiger partial charge in [0, 0.05) is 28.2 Å². The lowest BCUT2D eigenvalue weighted by Gasteiger charge is -2.10. The quantitative estimate of drug-likeness (QED) is 0.602. The largest absolute Gasteiger partial charge is 0.494 e. The summed E-state index contributed by atoms with van der Waals surface area (Å²) >= 11 is 3.39. The van der Waals surface area contributed by atoms with Crippen molar-refractivity contribution >= 4 is 39.1 Å². The van der Waals surface area contributed by atoms with E-state index in [-0.39, 0.29) is 17.7 Å². The van der Waals surface area contributed by atoms with E-state index in [0.717, 1.165) is 10.2 Å². The van der Waals surface area contributed by atoms with E-state index >= 15 is 0 Å². The Hall–Kier alpha value is -2.34. The minimum atomic E-state index is -0.0754. The third-order valence-electron chi connectivity index (χ3n) is 3.57. The molecule has 0 atom stereocenters. The van der Waals surface area contributed by atoms with E-state index in [4.69, 9.17) is 4.74 Å². The zero-order chi connectivity index (χ0) is 18.9. The zero-order valence-corrected chi connectivity index (χ0v) is 16.5. The van der Waals surface area contributed by atoms with E-state index in [1.54, 1.807) is 24.3 Å². The topological polar surface area (TPSA) is 67.4 Å². The molecule has 5 nitrogen and oxygen atoms in total. The van der Waals surface area contributed by atoms with Gasteiger partial charge in [-0.15, -0.1) is 0 Å². The van der Waals surface area contributed by atoms with Gasteiger partial charge in [0.25, 0.3) is 0 Å². The third-order valence-corrected chi connectivity index (χ3v) is 4.07. The first-order valence-corrected chi connectivity index (χ1v) is 9.32. The first-order valence-electron chi connectivity index (χ1n) is 8.53. The summed E-state index contributed by atoms with van der Waals surface area (Å²) in [5.41, 5.74) is 1.41. The number of hydrogen-bond donors (Lipinski definition) is 2. The summed E-state index contributed by atoms with van der Waals surface area (Å²) in [4.78, 5) is 23.6. The number of ether oxygens (including phenoxy) is 1. The van der Waals surface area contributed by atoms with Crippen LogP contribution in [0.3, 0.4) is 0 Å². The van der Waals surface area contributed by atoms with Crippen molar-refractivity contribution < 1.29 is 14.3 Å². The molecule has 0 aliphatic carbocycles. The average molecular weight is 419 g/mol. The molecule has 138 valence electrons. The number of amides is 2. The standard InChI is InChI=1S/C20H23BrN2O3/c1-14(2)20(25)23-17-10-8-16(9-11-17)22-19(24)7-4-12-26-18-6-3-5-15(21)13-18/h3,5-6,8-11,13-14H,4,7,12H2,1-2H3,(H,22,24)(H,23,25). The first-order chi connectivity index (χ1) is 12.4. The maximum atomic E-state index is 12.0. The fraction of sp³-hybridized carbons (Fsp3) is 0.300. The highest BCUT2D eigenvalue weighted by Gasteiger charge is 2.07. The lowest BCUT2D eigenvalue weighted by molar-refractivity contribution is -0.119. The summed E-state index contributed by atoms with van der Waals surface area (Å²) in [5, 5.41) is 5.65. The van der Waals surface area contributed by atoms with Crippen LogP contribution in [0.25, 0.3) is 0 Å². The van der Waals surface area contributed by atoms with Crippen molar-refractivity contribution in [3.63, 3.8) is 0 Å². The van der Waals surface area contributed by atoms with Crippen LogP contribution < -0.4 is 15.4 Å². The molecule has 0 spiro atoms. The number of hydrogen-bond acceptors (Lipinski definition) is 3. The van der Waals surface area contributed by atoms with Crippen LogP contribution >= 0.6 is 15.9 Å². The van der Waals surface area contributed by atoms with Gasteiger partial charge in [-0.3, -0.25) is 9.59 Å². The molecule has 0 fully saturated rings. The van der Waals surface area contributed by atoms with Crippen LogP contribution in [0.1, 0.15) is 26.7 Å². The lowest BCUT2D eigenvalue weighted by atomic mass is 10.2. The van der Waals surface area contributed by atoms with Crippen LogP contribution in [0.5, 0.6) is 5.75 Å². The number of nitrogens with one attached hydrogen (secondary N) is 2. The number of carbonyl (C=O) groups is 2. The molecule has 0 aliphatic rings. The molecule has 0 bridgehead atoms. The van der Waals surface area contributed by atoms with Gasteiger partial charge in [-0.25, -0.2) is 0 Å². The molecule has 0 saturated heterocycles. The zero-order valence-electron chi connectivity index (χ0n) is 14.9. The molecule has 0 radical (unpaired) electrons. The Morgan fingerprint density at radius 3 is 2.31 bits per heavy atom. The highest BCUT2D eigenvalue weighted by Crippen LogP contribution is 2.18. The van der Waals surface area contributed by atoms with Crippen LogP contribution in [-0.2, 0) is 9.59 Å². The first kappa shape index (κ1) is 20.0. The van der Waals surface area contributed by atoms with Gasteiger partial charge >= 0.3 is 0 Å². The second kappa shape index (κ2) is 9.97. The van der Waals surface area contributed by atoms with Gasteiger partial charge in [-0.1, -0.05) is 35.8 Å². The highest BCUT2D eigenvalue weighted by atomic mass is 79.9. The van der Waals surface area contributed by atoms with Crippen molar-refractivity contribution in [2.24, 2.45) is 5.92 Å². The van der Waals surface area contributed by atoms with Gasteiger partial charge in [0.05, 0.1) is 6.61 Å². The van der Waals surface area contributed by atoms with Gasteiger partial charge in [-0.05, 0) is 48.9 Å². The fourth-order valence-electron chi connectivity index (χ4n) is 2.13. The molecule has 0 heterocycles. The number of halogens is 1. The second-order valence-electron chi connectivity index (χ2n) is 6.18. The van der Waals surface area contributed by atoms with E-state index in [9.17, 15) is 9.59 Å². The Morgan fingerprint density at radius 2 is 1.69 bits per heavy atom. The average Bonchev–Trinajstić information content (AvgIpc) is 2.60. The van der Waals surface area contributed by atoms with E-state index in [1.807, 2.05) is 38.1 Å². The van der Waals surface area contributed by atoms with Gasteiger partial charge in [-0.2, -0.15) is 0 Å². The summed E-state index contributed by atoms with van der Waals surface area (Å²) in [6, 6.07) is 14.7. The number of carbonyl (C=O) groups excluding carboxylic acids is 2. The summed E-state index contributed by atoms with van der Waals surface area (Å²) in [6.45, 7) is 4.15. The van der Waals surface area contributed by atoms with Gasteiger partial charge in [0.15, 0.2) is 0 Å². The molecule has 0 aliphatic heterocycles. The number of benzene rings is 2. The highest BCUT2D eigenvalue weighted by molar-refractivity contribution is 9.10. The second-order valence-corrected chi connectivity index (χ2v) is 7.09. The Kier molecular flexibility index (Phi) is 7.66. The smallest absolute Gasteiger partial charge is 0.226 e. The van der Waals surface area contributed by atoms with E-state index in [0.29, 0.717) is 30.8 Å². The summed E-state index contributed by atoms with van der Waals surface area (Å²) in [7, 11) is 0. The van der Waals surface area contributed by atoms with Crippen LogP contribution in [-0.4, -0.2) is 18.4 Å². The number of anilines is 2. The Balaban J connectivity index is 1.71. The normalized spacial score (nSPS) is 10.5. The predicted octanol–water partition coefficient (Wildman–Crippen LogP) is 4.84. The van der Waals surface area contributed by atoms with Crippen molar-refractivity contribution in [2.45, 2.75) is 26.7 Å². The van der Waals surface area contributed by atoms with Crippen molar-refractivity contribution in [1.29, 1.82) is 0 Å². The van der Waals surface area contributed by atoms with Crippen LogP contribution in [0.15, 0.2) is 53.0 Å². The maximum absolute atomic E-state index is 12.0. The molecule has 2 aromatic rings. The van der Waals surface area contributed by atoms with Gasteiger partial charge in [0.2, 0.25) is 11.8 Å².